The Morgan fingerprint density at radius 1 is 1.06 bits per heavy atom. The van der Waals surface area contributed by atoms with Crippen molar-refractivity contribution in [3.05, 3.63) is 66.2 Å². The number of fused-ring (bicyclic) bond motifs is 1. The lowest BCUT2D eigenvalue weighted by atomic mass is 10.1. The number of benzene rings is 2. The number of nitrogens with zero attached hydrogens (tertiary/aromatic N) is 1. The molecule has 0 spiro atoms. The van der Waals surface area contributed by atoms with Gasteiger partial charge in [0, 0.05) is 31.2 Å². The van der Waals surface area contributed by atoms with Gasteiger partial charge in [0.2, 0.25) is 22.7 Å². The number of hydrogen-bond donors (Lipinski definition) is 2. The lowest BCUT2D eigenvalue weighted by Gasteiger charge is -2.20. The standard InChI is InChI=1S/C25H29N3O6S/c1-2-24(29)27-20-4-3-14-28(15-12-20)35(31,32)21-8-6-19(7-9-21)25(30)26-13-11-18-5-10-22-23(16-18)34-17-33-22/h2,5-10,16,20H,1,3-4,11-15,17H2,(H,26,30)(H,27,29). The summed E-state index contributed by atoms with van der Waals surface area (Å²) in [6.07, 6.45) is 3.72. The van der Waals surface area contributed by atoms with Gasteiger partial charge in [-0.1, -0.05) is 12.6 Å². The molecule has 10 heteroatoms. The van der Waals surface area contributed by atoms with E-state index in [4.69, 9.17) is 9.47 Å². The summed E-state index contributed by atoms with van der Waals surface area (Å²) < 4.78 is 38.3. The Morgan fingerprint density at radius 2 is 1.83 bits per heavy atom. The van der Waals surface area contributed by atoms with Crippen LogP contribution < -0.4 is 20.1 Å². The predicted octanol–water partition coefficient (Wildman–Crippen LogP) is 2.23. The average molecular weight is 500 g/mol. The van der Waals surface area contributed by atoms with E-state index in [1.165, 1.54) is 34.6 Å². The van der Waals surface area contributed by atoms with Crippen molar-refractivity contribution >= 4 is 21.8 Å². The van der Waals surface area contributed by atoms with Crippen LogP contribution in [0.4, 0.5) is 0 Å². The molecule has 2 aromatic carbocycles. The summed E-state index contributed by atoms with van der Waals surface area (Å²) in [6, 6.07) is 11.6. The van der Waals surface area contributed by atoms with Crippen LogP contribution in [0.15, 0.2) is 60.0 Å². The van der Waals surface area contributed by atoms with Crippen molar-refractivity contribution < 1.29 is 27.5 Å². The molecule has 2 N–H and O–H groups in total. The third kappa shape index (κ3) is 6.01. The first-order valence-corrected chi connectivity index (χ1v) is 13.0. The molecule has 0 saturated carbocycles. The van der Waals surface area contributed by atoms with Crippen molar-refractivity contribution in [2.24, 2.45) is 0 Å². The summed E-state index contributed by atoms with van der Waals surface area (Å²) >= 11 is 0. The molecule has 1 unspecified atom stereocenters. The number of hydrogen-bond acceptors (Lipinski definition) is 6. The van der Waals surface area contributed by atoms with Crippen LogP contribution in [0.3, 0.4) is 0 Å². The van der Waals surface area contributed by atoms with Crippen molar-refractivity contribution in [2.45, 2.75) is 36.6 Å². The van der Waals surface area contributed by atoms with E-state index in [1.807, 2.05) is 18.2 Å². The Bertz CT molecular complexity index is 1200. The van der Waals surface area contributed by atoms with Crippen LogP contribution in [0.2, 0.25) is 0 Å². The van der Waals surface area contributed by atoms with Gasteiger partial charge >= 0.3 is 0 Å². The van der Waals surface area contributed by atoms with Gasteiger partial charge < -0.3 is 20.1 Å². The third-order valence-electron chi connectivity index (χ3n) is 6.11. The molecule has 2 aliphatic heterocycles. The summed E-state index contributed by atoms with van der Waals surface area (Å²) in [5.74, 6) is 0.890. The van der Waals surface area contributed by atoms with Gasteiger partial charge in [0.15, 0.2) is 11.5 Å². The number of amides is 2. The van der Waals surface area contributed by atoms with Crippen molar-refractivity contribution in [1.82, 2.24) is 14.9 Å². The molecule has 4 rings (SSSR count). The highest BCUT2D eigenvalue weighted by molar-refractivity contribution is 7.89. The molecular weight excluding hydrogens is 470 g/mol. The maximum absolute atomic E-state index is 13.1. The number of ether oxygens (including phenoxy) is 2. The number of carbonyl (C=O) groups excluding carboxylic acids is 2. The van der Waals surface area contributed by atoms with Crippen LogP contribution in [-0.2, 0) is 21.2 Å². The predicted molar refractivity (Wildman–Crippen MR) is 130 cm³/mol. The van der Waals surface area contributed by atoms with Crippen LogP contribution in [0, 0.1) is 0 Å². The van der Waals surface area contributed by atoms with Crippen molar-refractivity contribution in [3.8, 4) is 11.5 Å². The smallest absolute Gasteiger partial charge is 0.251 e. The van der Waals surface area contributed by atoms with E-state index in [9.17, 15) is 18.0 Å². The minimum atomic E-state index is -3.70. The fourth-order valence-corrected chi connectivity index (χ4v) is 5.65. The SMILES string of the molecule is C=CC(=O)NC1CCCN(S(=O)(=O)c2ccc(C(=O)NCCc3ccc4c(c3)OCO4)cc2)CC1. The lowest BCUT2D eigenvalue weighted by molar-refractivity contribution is -0.117. The second kappa shape index (κ2) is 10.9. The Morgan fingerprint density at radius 3 is 2.60 bits per heavy atom. The normalized spacial score (nSPS) is 17.9. The van der Waals surface area contributed by atoms with Crippen LogP contribution in [0.5, 0.6) is 11.5 Å². The molecule has 0 aromatic heterocycles. The van der Waals surface area contributed by atoms with Crippen molar-refractivity contribution in [3.63, 3.8) is 0 Å². The maximum atomic E-state index is 13.1. The Hall–Kier alpha value is -3.37. The molecule has 2 heterocycles. The zero-order chi connectivity index (χ0) is 24.8. The van der Waals surface area contributed by atoms with E-state index < -0.39 is 10.0 Å². The summed E-state index contributed by atoms with van der Waals surface area (Å²) in [4.78, 5) is 24.2. The number of nitrogens with one attached hydrogen (secondary N) is 2. The van der Waals surface area contributed by atoms with Gasteiger partial charge in [-0.05, 0) is 73.7 Å². The molecule has 1 atom stereocenters. The van der Waals surface area contributed by atoms with Gasteiger partial charge in [-0.2, -0.15) is 4.31 Å². The van der Waals surface area contributed by atoms with E-state index in [0.29, 0.717) is 62.4 Å². The zero-order valence-corrected chi connectivity index (χ0v) is 20.2. The number of rotatable bonds is 8. The summed E-state index contributed by atoms with van der Waals surface area (Å²) in [6.45, 7) is 4.78. The molecule has 2 aliphatic rings. The number of sulfonamides is 1. The molecule has 2 amide bonds. The van der Waals surface area contributed by atoms with E-state index in [-0.39, 0.29) is 29.5 Å². The minimum absolute atomic E-state index is 0.0792. The highest BCUT2D eigenvalue weighted by Gasteiger charge is 2.28. The van der Waals surface area contributed by atoms with E-state index in [2.05, 4.69) is 17.2 Å². The molecule has 0 bridgehead atoms. The molecular formula is C25H29N3O6S. The second-order valence-corrected chi connectivity index (χ2v) is 10.4. The first-order valence-electron chi connectivity index (χ1n) is 11.6. The molecule has 9 nitrogen and oxygen atoms in total. The van der Waals surface area contributed by atoms with Gasteiger partial charge in [0.25, 0.3) is 5.91 Å². The largest absolute Gasteiger partial charge is 0.454 e. The monoisotopic (exact) mass is 499 g/mol. The average Bonchev–Trinajstić information content (AvgIpc) is 3.20. The van der Waals surface area contributed by atoms with Crippen molar-refractivity contribution in [1.29, 1.82) is 0 Å². The molecule has 0 radical (unpaired) electrons. The third-order valence-corrected chi connectivity index (χ3v) is 8.02. The summed E-state index contributed by atoms with van der Waals surface area (Å²) in [7, 11) is -3.70. The van der Waals surface area contributed by atoms with E-state index in [1.54, 1.807) is 0 Å². The summed E-state index contributed by atoms with van der Waals surface area (Å²) in [5, 5.41) is 5.70. The fraction of sp³-hybridized carbons (Fsp3) is 0.360. The highest BCUT2D eigenvalue weighted by atomic mass is 32.2. The second-order valence-electron chi connectivity index (χ2n) is 8.46. The fourth-order valence-electron chi connectivity index (χ4n) is 4.16. The quantitative estimate of drug-likeness (QED) is 0.539. The lowest BCUT2D eigenvalue weighted by Crippen LogP contribution is -2.36. The molecule has 186 valence electrons. The molecule has 35 heavy (non-hydrogen) atoms. The number of carbonyl (C=O) groups is 2. The van der Waals surface area contributed by atoms with Crippen LogP contribution in [0.1, 0.15) is 35.2 Å². The van der Waals surface area contributed by atoms with Gasteiger partial charge in [0.1, 0.15) is 0 Å². The van der Waals surface area contributed by atoms with Crippen LogP contribution in [-0.4, -0.2) is 57.0 Å². The van der Waals surface area contributed by atoms with Crippen LogP contribution in [0.25, 0.3) is 0 Å². The van der Waals surface area contributed by atoms with Gasteiger partial charge in [-0.25, -0.2) is 8.42 Å². The van der Waals surface area contributed by atoms with Gasteiger partial charge in [-0.15, -0.1) is 0 Å². The molecule has 0 aliphatic carbocycles. The Kier molecular flexibility index (Phi) is 7.72. The summed E-state index contributed by atoms with van der Waals surface area (Å²) in [5.41, 5.74) is 1.40. The van der Waals surface area contributed by atoms with Gasteiger partial charge in [-0.3, -0.25) is 9.59 Å². The Balaban J connectivity index is 1.31. The first-order chi connectivity index (χ1) is 16.9. The van der Waals surface area contributed by atoms with Gasteiger partial charge in [0.05, 0.1) is 4.90 Å². The molecule has 1 saturated heterocycles. The maximum Gasteiger partial charge on any atom is 0.251 e. The first kappa shape index (κ1) is 24.7. The minimum Gasteiger partial charge on any atom is -0.454 e. The molecule has 1 fully saturated rings. The van der Waals surface area contributed by atoms with E-state index >= 15 is 0 Å². The Labute approximate surface area is 205 Å². The zero-order valence-electron chi connectivity index (χ0n) is 19.4. The van der Waals surface area contributed by atoms with Crippen LogP contribution >= 0.6 is 0 Å². The van der Waals surface area contributed by atoms with E-state index in [0.717, 1.165) is 5.56 Å². The van der Waals surface area contributed by atoms with Crippen molar-refractivity contribution in [2.75, 3.05) is 26.4 Å². The topological polar surface area (TPSA) is 114 Å². The highest BCUT2D eigenvalue weighted by Crippen LogP contribution is 2.32. The molecule has 2 aromatic rings.